The van der Waals surface area contributed by atoms with Crippen molar-refractivity contribution in [1.29, 1.82) is 0 Å². The Bertz CT molecular complexity index is 1270. The maximum absolute atomic E-state index is 13.4. The molecular formula is C24H21N3O2S. The number of thioether (sulfide) groups is 1. The predicted molar refractivity (Wildman–Crippen MR) is 122 cm³/mol. The number of amides is 1. The summed E-state index contributed by atoms with van der Waals surface area (Å²) in [5.41, 5.74) is 2.93. The van der Waals surface area contributed by atoms with Crippen LogP contribution in [0.4, 0.5) is 5.69 Å². The minimum absolute atomic E-state index is 0.145. The molecule has 1 N–H and O–H groups in total. The Hall–Kier alpha value is -3.38. The summed E-state index contributed by atoms with van der Waals surface area (Å²) < 4.78 is 1.61. The maximum atomic E-state index is 13.4. The maximum Gasteiger partial charge on any atom is 0.266 e. The van der Waals surface area contributed by atoms with E-state index in [0.717, 1.165) is 16.9 Å². The first-order valence-corrected chi connectivity index (χ1v) is 10.5. The van der Waals surface area contributed by atoms with Gasteiger partial charge in [-0.05, 0) is 49.7 Å². The quantitative estimate of drug-likeness (QED) is 0.375. The van der Waals surface area contributed by atoms with Crippen molar-refractivity contribution in [3.05, 3.63) is 94.8 Å². The first-order valence-electron chi connectivity index (χ1n) is 9.65. The summed E-state index contributed by atoms with van der Waals surface area (Å²) in [5.74, 6) is -0.148. The molecule has 3 aromatic carbocycles. The molecule has 1 amide bonds. The molecule has 1 atom stereocenters. The van der Waals surface area contributed by atoms with E-state index in [2.05, 4.69) is 5.32 Å². The van der Waals surface area contributed by atoms with Crippen LogP contribution in [0.25, 0.3) is 16.6 Å². The van der Waals surface area contributed by atoms with Gasteiger partial charge in [0.1, 0.15) is 0 Å². The molecule has 0 spiro atoms. The molecule has 30 heavy (non-hydrogen) atoms. The molecule has 1 aromatic heterocycles. The summed E-state index contributed by atoms with van der Waals surface area (Å²) in [6, 6.07) is 24.3. The number of hydrogen-bond donors (Lipinski definition) is 1. The molecule has 4 rings (SSSR count). The van der Waals surface area contributed by atoms with Crippen molar-refractivity contribution in [3.63, 3.8) is 0 Å². The number of aromatic nitrogens is 2. The number of carbonyl (C=O) groups excluding carboxylic acids is 1. The van der Waals surface area contributed by atoms with Gasteiger partial charge in [-0.15, -0.1) is 0 Å². The zero-order chi connectivity index (χ0) is 21.1. The summed E-state index contributed by atoms with van der Waals surface area (Å²) in [4.78, 5) is 30.8. The van der Waals surface area contributed by atoms with E-state index in [9.17, 15) is 9.59 Å². The fraction of sp³-hybridized carbons (Fsp3) is 0.125. The molecule has 0 aliphatic carbocycles. The molecule has 6 heteroatoms. The van der Waals surface area contributed by atoms with Crippen molar-refractivity contribution in [2.75, 3.05) is 5.32 Å². The monoisotopic (exact) mass is 415 g/mol. The third-order valence-electron chi connectivity index (χ3n) is 4.79. The third kappa shape index (κ3) is 4.00. The van der Waals surface area contributed by atoms with Crippen LogP contribution in [0.5, 0.6) is 0 Å². The van der Waals surface area contributed by atoms with Crippen molar-refractivity contribution in [2.24, 2.45) is 0 Å². The van der Waals surface area contributed by atoms with E-state index < -0.39 is 5.25 Å². The second-order valence-corrected chi connectivity index (χ2v) is 8.26. The average molecular weight is 416 g/mol. The highest BCUT2D eigenvalue weighted by Crippen LogP contribution is 2.27. The predicted octanol–water partition coefficient (Wildman–Crippen LogP) is 4.81. The average Bonchev–Trinajstić information content (AvgIpc) is 2.75. The van der Waals surface area contributed by atoms with E-state index in [1.165, 1.54) is 11.8 Å². The Morgan fingerprint density at radius 3 is 2.40 bits per heavy atom. The van der Waals surface area contributed by atoms with Crippen LogP contribution in [0.3, 0.4) is 0 Å². The molecule has 0 aliphatic heterocycles. The second-order valence-electron chi connectivity index (χ2n) is 6.95. The smallest absolute Gasteiger partial charge is 0.266 e. The summed E-state index contributed by atoms with van der Waals surface area (Å²) in [6.45, 7) is 3.77. The van der Waals surface area contributed by atoms with E-state index >= 15 is 0 Å². The van der Waals surface area contributed by atoms with Gasteiger partial charge in [-0.3, -0.25) is 14.2 Å². The SMILES string of the molecule is Cc1ccccc1-n1c(SC(C)C(=O)Nc2ccccc2)nc2ccccc2c1=O. The van der Waals surface area contributed by atoms with Crippen LogP contribution < -0.4 is 10.9 Å². The highest BCUT2D eigenvalue weighted by Gasteiger charge is 2.21. The lowest BCUT2D eigenvalue weighted by atomic mass is 10.2. The number of carbonyl (C=O) groups is 1. The van der Waals surface area contributed by atoms with Gasteiger partial charge in [0.25, 0.3) is 5.56 Å². The number of benzene rings is 3. The molecule has 0 saturated carbocycles. The Balaban J connectivity index is 1.76. The van der Waals surface area contributed by atoms with Gasteiger partial charge in [0.05, 0.1) is 21.8 Å². The summed E-state index contributed by atoms with van der Waals surface area (Å²) >= 11 is 1.27. The number of anilines is 1. The topological polar surface area (TPSA) is 64.0 Å². The van der Waals surface area contributed by atoms with Gasteiger partial charge < -0.3 is 5.32 Å². The fourth-order valence-electron chi connectivity index (χ4n) is 3.20. The van der Waals surface area contributed by atoms with Crippen LogP contribution in [-0.4, -0.2) is 20.7 Å². The van der Waals surface area contributed by atoms with Gasteiger partial charge in [0.2, 0.25) is 5.91 Å². The molecule has 0 bridgehead atoms. The molecular weight excluding hydrogens is 394 g/mol. The normalized spacial score (nSPS) is 11.9. The van der Waals surface area contributed by atoms with Crippen molar-refractivity contribution in [1.82, 2.24) is 9.55 Å². The lowest BCUT2D eigenvalue weighted by molar-refractivity contribution is -0.115. The third-order valence-corrected chi connectivity index (χ3v) is 5.85. The lowest BCUT2D eigenvalue weighted by Crippen LogP contribution is -2.26. The molecule has 0 aliphatic rings. The zero-order valence-corrected chi connectivity index (χ0v) is 17.5. The number of para-hydroxylation sites is 3. The number of nitrogens with zero attached hydrogens (tertiary/aromatic N) is 2. The van der Waals surface area contributed by atoms with Crippen molar-refractivity contribution in [2.45, 2.75) is 24.3 Å². The van der Waals surface area contributed by atoms with Crippen LogP contribution in [0.1, 0.15) is 12.5 Å². The van der Waals surface area contributed by atoms with Crippen molar-refractivity contribution in [3.8, 4) is 5.69 Å². The number of fused-ring (bicyclic) bond motifs is 1. The van der Waals surface area contributed by atoms with Gasteiger partial charge in [-0.2, -0.15) is 0 Å². The number of rotatable bonds is 5. The van der Waals surface area contributed by atoms with E-state index in [1.807, 2.05) is 86.6 Å². The number of nitrogens with one attached hydrogen (secondary N) is 1. The minimum atomic E-state index is -0.450. The lowest BCUT2D eigenvalue weighted by Gasteiger charge is -2.17. The Morgan fingerprint density at radius 1 is 0.967 bits per heavy atom. The number of hydrogen-bond acceptors (Lipinski definition) is 4. The van der Waals surface area contributed by atoms with E-state index in [1.54, 1.807) is 10.6 Å². The van der Waals surface area contributed by atoms with E-state index in [4.69, 9.17) is 4.98 Å². The summed E-state index contributed by atoms with van der Waals surface area (Å²) in [5, 5.41) is 3.50. The van der Waals surface area contributed by atoms with Gasteiger partial charge in [0, 0.05) is 5.69 Å². The van der Waals surface area contributed by atoms with Crippen molar-refractivity contribution < 1.29 is 4.79 Å². The van der Waals surface area contributed by atoms with Gasteiger partial charge in [-0.1, -0.05) is 60.3 Å². The van der Waals surface area contributed by atoms with Crippen molar-refractivity contribution >= 4 is 34.3 Å². The molecule has 0 fully saturated rings. The molecule has 5 nitrogen and oxygen atoms in total. The van der Waals surface area contributed by atoms with Crippen LogP contribution >= 0.6 is 11.8 Å². The summed E-state index contributed by atoms with van der Waals surface area (Å²) in [7, 11) is 0. The number of aryl methyl sites for hydroxylation is 1. The van der Waals surface area contributed by atoms with E-state index in [0.29, 0.717) is 16.1 Å². The Kier molecular flexibility index (Phi) is 5.68. The van der Waals surface area contributed by atoms with Gasteiger partial charge >= 0.3 is 0 Å². The Labute approximate surface area is 178 Å². The molecule has 0 saturated heterocycles. The van der Waals surface area contributed by atoms with Crippen LogP contribution in [-0.2, 0) is 4.79 Å². The van der Waals surface area contributed by atoms with Crippen LogP contribution in [0.15, 0.2) is 88.8 Å². The largest absolute Gasteiger partial charge is 0.325 e. The molecule has 0 radical (unpaired) electrons. The van der Waals surface area contributed by atoms with Crippen LogP contribution in [0, 0.1) is 6.92 Å². The summed E-state index contributed by atoms with van der Waals surface area (Å²) in [6.07, 6.45) is 0. The molecule has 1 unspecified atom stereocenters. The second kappa shape index (κ2) is 8.55. The van der Waals surface area contributed by atoms with Gasteiger partial charge in [-0.25, -0.2) is 4.98 Å². The first kappa shape index (κ1) is 19.9. The minimum Gasteiger partial charge on any atom is -0.325 e. The zero-order valence-electron chi connectivity index (χ0n) is 16.7. The highest BCUT2D eigenvalue weighted by molar-refractivity contribution is 8.00. The highest BCUT2D eigenvalue weighted by atomic mass is 32.2. The molecule has 150 valence electrons. The van der Waals surface area contributed by atoms with Crippen LogP contribution in [0.2, 0.25) is 0 Å². The first-order chi connectivity index (χ1) is 14.5. The molecule has 4 aromatic rings. The Morgan fingerprint density at radius 2 is 1.63 bits per heavy atom. The fourth-order valence-corrected chi connectivity index (χ4v) is 4.12. The standard InChI is InChI=1S/C24H21N3O2S/c1-16-10-6-9-15-21(16)27-23(29)19-13-7-8-14-20(19)26-24(27)30-17(2)22(28)25-18-11-4-3-5-12-18/h3-15,17H,1-2H3,(H,25,28). The van der Waals surface area contributed by atoms with Gasteiger partial charge in [0.15, 0.2) is 5.16 Å². The van der Waals surface area contributed by atoms with E-state index in [-0.39, 0.29) is 11.5 Å². The molecule has 1 heterocycles.